The molecule has 0 aliphatic carbocycles. The van der Waals surface area contributed by atoms with E-state index in [1.807, 2.05) is 38.2 Å². The molecule has 0 aliphatic rings. The Labute approximate surface area is 149 Å². The molecule has 0 unspecified atom stereocenters. The lowest BCUT2D eigenvalue weighted by Gasteiger charge is -2.25. The first kappa shape index (κ1) is 17.0. The van der Waals surface area contributed by atoms with Crippen molar-refractivity contribution in [3.8, 4) is 0 Å². The first-order valence-corrected chi connectivity index (χ1v) is 8.60. The lowest BCUT2D eigenvalue weighted by molar-refractivity contribution is 0.803. The maximum atomic E-state index is 4.67. The highest BCUT2D eigenvalue weighted by atomic mass is 15.2. The third-order valence-corrected chi connectivity index (χ3v) is 4.22. The Balaban J connectivity index is 1.90. The molecule has 128 valence electrons. The summed E-state index contributed by atoms with van der Waals surface area (Å²) in [6.07, 6.45) is 0. The van der Waals surface area contributed by atoms with E-state index in [4.69, 9.17) is 0 Å². The molecule has 0 radical (unpaired) electrons. The SMILES string of the molecule is CCN(Cc1ccccc1)c1cc(N(C)c2ccccc2)nc(C)n1. The van der Waals surface area contributed by atoms with E-state index in [0.29, 0.717) is 0 Å². The number of hydrogen-bond acceptors (Lipinski definition) is 4. The minimum absolute atomic E-state index is 0.779. The molecule has 0 aliphatic heterocycles. The molecule has 1 aromatic heterocycles. The minimum atomic E-state index is 0.779. The predicted octanol–water partition coefficient (Wildman–Crippen LogP) is 4.58. The highest BCUT2D eigenvalue weighted by Gasteiger charge is 2.13. The maximum Gasteiger partial charge on any atom is 0.138 e. The summed E-state index contributed by atoms with van der Waals surface area (Å²) in [5.74, 6) is 2.64. The molecule has 4 nitrogen and oxygen atoms in total. The standard InChI is InChI=1S/C21H24N4/c1-4-25(16-18-11-7-5-8-12-18)21-15-20(22-17(2)23-21)24(3)19-13-9-6-10-14-19/h5-15H,4,16H2,1-3H3. The van der Waals surface area contributed by atoms with Crippen LogP contribution in [0.25, 0.3) is 0 Å². The number of anilines is 3. The topological polar surface area (TPSA) is 32.3 Å². The van der Waals surface area contributed by atoms with E-state index in [-0.39, 0.29) is 0 Å². The van der Waals surface area contributed by atoms with E-state index in [0.717, 1.165) is 36.2 Å². The Kier molecular flexibility index (Phi) is 5.29. The zero-order valence-corrected chi connectivity index (χ0v) is 15.1. The second-order valence-corrected chi connectivity index (χ2v) is 6.03. The predicted molar refractivity (Wildman–Crippen MR) is 104 cm³/mol. The fourth-order valence-electron chi connectivity index (χ4n) is 2.81. The van der Waals surface area contributed by atoms with Gasteiger partial charge in [-0.2, -0.15) is 0 Å². The van der Waals surface area contributed by atoms with E-state index in [1.165, 1.54) is 5.56 Å². The molecular formula is C21H24N4. The van der Waals surface area contributed by atoms with Crippen LogP contribution in [0.15, 0.2) is 66.7 Å². The van der Waals surface area contributed by atoms with E-state index in [1.54, 1.807) is 0 Å². The second-order valence-electron chi connectivity index (χ2n) is 6.03. The Bertz CT molecular complexity index is 803. The summed E-state index contributed by atoms with van der Waals surface area (Å²) in [6, 6.07) is 22.8. The van der Waals surface area contributed by atoms with Crippen molar-refractivity contribution in [3.05, 3.63) is 78.1 Å². The second kappa shape index (κ2) is 7.79. The van der Waals surface area contributed by atoms with E-state index in [9.17, 15) is 0 Å². The number of aryl methyl sites for hydroxylation is 1. The highest BCUT2D eigenvalue weighted by molar-refractivity contribution is 5.62. The van der Waals surface area contributed by atoms with Crippen molar-refractivity contribution in [1.82, 2.24) is 9.97 Å². The molecule has 4 heteroatoms. The van der Waals surface area contributed by atoms with Gasteiger partial charge in [-0.3, -0.25) is 0 Å². The minimum Gasteiger partial charge on any atom is -0.352 e. The smallest absolute Gasteiger partial charge is 0.138 e. The summed E-state index contributed by atoms with van der Waals surface area (Å²) in [7, 11) is 2.04. The Morgan fingerprint density at radius 1 is 0.840 bits per heavy atom. The van der Waals surface area contributed by atoms with Crippen LogP contribution >= 0.6 is 0 Å². The quantitative estimate of drug-likeness (QED) is 0.661. The fourth-order valence-corrected chi connectivity index (χ4v) is 2.81. The van der Waals surface area contributed by atoms with Crippen molar-refractivity contribution < 1.29 is 0 Å². The molecule has 3 rings (SSSR count). The number of nitrogens with zero attached hydrogens (tertiary/aromatic N) is 4. The summed E-state index contributed by atoms with van der Waals surface area (Å²) < 4.78 is 0. The molecule has 3 aromatic rings. The van der Waals surface area contributed by atoms with Crippen LogP contribution in [-0.2, 0) is 6.54 Å². The lowest BCUT2D eigenvalue weighted by Crippen LogP contribution is -2.24. The molecule has 1 heterocycles. The number of hydrogen-bond donors (Lipinski definition) is 0. The van der Waals surface area contributed by atoms with Crippen LogP contribution < -0.4 is 9.80 Å². The van der Waals surface area contributed by atoms with Crippen molar-refractivity contribution in [3.63, 3.8) is 0 Å². The van der Waals surface area contributed by atoms with Crippen LogP contribution in [0.5, 0.6) is 0 Å². The molecule has 0 amide bonds. The first-order chi connectivity index (χ1) is 12.2. The third-order valence-electron chi connectivity index (χ3n) is 4.22. The van der Waals surface area contributed by atoms with Gasteiger partial charge in [0, 0.05) is 31.9 Å². The van der Waals surface area contributed by atoms with Gasteiger partial charge < -0.3 is 9.80 Å². The number of para-hydroxylation sites is 1. The van der Waals surface area contributed by atoms with Crippen LogP contribution in [0, 0.1) is 6.92 Å². The van der Waals surface area contributed by atoms with Crippen molar-refractivity contribution in [2.24, 2.45) is 0 Å². The van der Waals surface area contributed by atoms with Gasteiger partial charge in [0.1, 0.15) is 17.5 Å². The summed E-state index contributed by atoms with van der Waals surface area (Å²) in [4.78, 5) is 13.6. The van der Waals surface area contributed by atoms with Crippen molar-refractivity contribution in [1.29, 1.82) is 0 Å². The fraction of sp³-hybridized carbons (Fsp3) is 0.238. The van der Waals surface area contributed by atoms with Crippen LogP contribution in [0.3, 0.4) is 0 Å². The Morgan fingerprint density at radius 3 is 2.08 bits per heavy atom. The van der Waals surface area contributed by atoms with Gasteiger partial charge in [-0.15, -0.1) is 0 Å². The molecule has 0 bridgehead atoms. The zero-order valence-electron chi connectivity index (χ0n) is 15.1. The Hall–Kier alpha value is -2.88. The van der Waals surface area contributed by atoms with E-state index in [2.05, 4.69) is 69.2 Å². The number of rotatable bonds is 6. The van der Waals surface area contributed by atoms with Gasteiger partial charge in [0.05, 0.1) is 0 Å². The van der Waals surface area contributed by atoms with Gasteiger partial charge in [0.25, 0.3) is 0 Å². The average Bonchev–Trinajstić information content (AvgIpc) is 2.66. The van der Waals surface area contributed by atoms with Gasteiger partial charge in [0.15, 0.2) is 0 Å². The van der Waals surface area contributed by atoms with Crippen molar-refractivity contribution in [2.45, 2.75) is 20.4 Å². The van der Waals surface area contributed by atoms with Gasteiger partial charge in [-0.1, -0.05) is 48.5 Å². The van der Waals surface area contributed by atoms with Crippen molar-refractivity contribution >= 4 is 17.3 Å². The summed E-state index contributed by atoms with van der Waals surface area (Å²) >= 11 is 0. The van der Waals surface area contributed by atoms with Gasteiger partial charge >= 0.3 is 0 Å². The normalized spacial score (nSPS) is 10.5. The molecule has 25 heavy (non-hydrogen) atoms. The van der Waals surface area contributed by atoms with E-state index < -0.39 is 0 Å². The monoisotopic (exact) mass is 332 g/mol. The Morgan fingerprint density at radius 2 is 1.44 bits per heavy atom. The molecule has 0 saturated heterocycles. The first-order valence-electron chi connectivity index (χ1n) is 8.60. The molecule has 2 aromatic carbocycles. The van der Waals surface area contributed by atoms with Crippen LogP contribution in [0.2, 0.25) is 0 Å². The highest BCUT2D eigenvalue weighted by Crippen LogP contribution is 2.25. The zero-order chi connectivity index (χ0) is 17.6. The summed E-state index contributed by atoms with van der Waals surface area (Å²) in [6.45, 7) is 5.82. The van der Waals surface area contributed by atoms with Gasteiger partial charge in [0.2, 0.25) is 0 Å². The molecule has 0 spiro atoms. The molecular weight excluding hydrogens is 308 g/mol. The number of aromatic nitrogens is 2. The molecule has 0 saturated carbocycles. The van der Waals surface area contributed by atoms with Gasteiger partial charge in [-0.25, -0.2) is 9.97 Å². The third kappa shape index (κ3) is 4.15. The number of benzene rings is 2. The lowest BCUT2D eigenvalue weighted by atomic mass is 10.2. The van der Waals surface area contributed by atoms with Crippen molar-refractivity contribution in [2.75, 3.05) is 23.4 Å². The van der Waals surface area contributed by atoms with E-state index >= 15 is 0 Å². The average molecular weight is 332 g/mol. The molecule has 0 atom stereocenters. The summed E-state index contributed by atoms with van der Waals surface area (Å²) in [5.41, 5.74) is 2.39. The van der Waals surface area contributed by atoms with Crippen LogP contribution in [-0.4, -0.2) is 23.6 Å². The van der Waals surface area contributed by atoms with Crippen LogP contribution in [0.4, 0.5) is 17.3 Å². The van der Waals surface area contributed by atoms with Crippen LogP contribution in [0.1, 0.15) is 18.3 Å². The summed E-state index contributed by atoms with van der Waals surface area (Å²) in [5, 5.41) is 0. The maximum absolute atomic E-state index is 4.67. The molecule has 0 N–H and O–H groups in total. The van der Waals surface area contributed by atoms with Gasteiger partial charge in [-0.05, 0) is 31.5 Å². The largest absolute Gasteiger partial charge is 0.352 e. The molecule has 0 fully saturated rings.